The smallest absolute Gasteiger partial charge is 0.208 e. The van der Waals surface area contributed by atoms with E-state index in [0.29, 0.717) is 16.3 Å². The Kier molecular flexibility index (Phi) is 5.86. The molecule has 0 aliphatic heterocycles. The molecule has 0 aliphatic rings. The molecule has 9 aromatic rings. The fraction of sp³-hybridized carbons (Fsp3) is 0. The van der Waals surface area contributed by atoms with E-state index in [1.54, 1.807) is 0 Å². The van der Waals surface area contributed by atoms with Gasteiger partial charge in [0.1, 0.15) is 11.2 Å². The van der Waals surface area contributed by atoms with Crippen molar-refractivity contribution in [2.45, 2.75) is 0 Å². The van der Waals surface area contributed by atoms with Crippen LogP contribution < -0.4 is 0 Å². The van der Waals surface area contributed by atoms with Gasteiger partial charge in [-0.1, -0.05) is 103 Å². The van der Waals surface area contributed by atoms with Crippen LogP contribution in [0.2, 0.25) is 0 Å². The summed E-state index contributed by atoms with van der Waals surface area (Å²) in [6, 6.07) is 42.1. The van der Waals surface area contributed by atoms with Crippen LogP contribution in [0.5, 0.6) is 28.7 Å². The van der Waals surface area contributed by atoms with E-state index in [4.69, 9.17) is 4.42 Å². The molecule has 0 fully saturated rings. The average Bonchev–Trinajstić information content (AvgIpc) is 3.50. The maximum Gasteiger partial charge on any atom is 0.208 e. The number of phenolic OH excluding ortho intramolecular Hbond substituents is 5. The molecule has 0 spiro atoms. The highest BCUT2D eigenvalue weighted by Gasteiger charge is 2.28. The predicted molar refractivity (Wildman–Crippen MR) is 191 cm³/mol. The third-order valence-electron chi connectivity index (χ3n) is 9.41. The van der Waals surface area contributed by atoms with Crippen LogP contribution in [-0.4, -0.2) is 25.5 Å². The van der Waals surface area contributed by atoms with Gasteiger partial charge in [-0.25, -0.2) is 0 Å². The van der Waals surface area contributed by atoms with Gasteiger partial charge in [0, 0.05) is 16.3 Å². The molecule has 0 saturated carbocycles. The maximum atomic E-state index is 11.2. The first kappa shape index (κ1) is 27.6. The van der Waals surface area contributed by atoms with Gasteiger partial charge in [0.05, 0.1) is 5.56 Å². The normalized spacial score (nSPS) is 11.8. The topological polar surface area (TPSA) is 114 Å². The Morgan fingerprint density at radius 2 is 0.875 bits per heavy atom. The van der Waals surface area contributed by atoms with E-state index in [1.807, 2.05) is 84.9 Å². The van der Waals surface area contributed by atoms with Crippen LogP contribution in [0.4, 0.5) is 0 Å². The standard InChI is InChI=1S/C42H26O6/c43-38-37(39(44)41(46)42(47)40(38)45)36-30-13-4-3-12-29(30)35(24-17-18-28-27-11-5-6-15-33(27)48-34(28)21-24)32-20-23(16-19-31(32)36)26-14-7-9-22-8-1-2-10-25(22)26/h1-21,43-47H. The van der Waals surface area contributed by atoms with Gasteiger partial charge in [-0.2, -0.15) is 0 Å². The molecule has 0 unspecified atom stereocenters. The van der Waals surface area contributed by atoms with Crippen molar-refractivity contribution in [1.29, 1.82) is 0 Å². The molecule has 230 valence electrons. The number of hydrogen-bond donors (Lipinski definition) is 5. The summed E-state index contributed by atoms with van der Waals surface area (Å²) in [7, 11) is 0. The zero-order valence-corrected chi connectivity index (χ0v) is 25.3. The fourth-order valence-corrected chi connectivity index (χ4v) is 7.21. The Morgan fingerprint density at radius 3 is 1.65 bits per heavy atom. The van der Waals surface area contributed by atoms with Gasteiger partial charge in [0.15, 0.2) is 11.5 Å². The summed E-state index contributed by atoms with van der Waals surface area (Å²) in [5.41, 5.74) is 5.52. The molecule has 0 saturated heterocycles. The van der Waals surface area contributed by atoms with E-state index in [0.717, 1.165) is 65.7 Å². The van der Waals surface area contributed by atoms with Gasteiger partial charge < -0.3 is 29.9 Å². The van der Waals surface area contributed by atoms with Crippen molar-refractivity contribution < 1.29 is 29.9 Å². The lowest BCUT2D eigenvalue weighted by atomic mass is 9.83. The van der Waals surface area contributed by atoms with Crippen molar-refractivity contribution in [3.63, 3.8) is 0 Å². The Morgan fingerprint density at radius 1 is 0.333 bits per heavy atom. The Hall–Kier alpha value is -6.66. The average molecular weight is 627 g/mol. The molecule has 6 nitrogen and oxygen atoms in total. The van der Waals surface area contributed by atoms with E-state index in [-0.39, 0.29) is 5.56 Å². The number of furan rings is 1. The third-order valence-corrected chi connectivity index (χ3v) is 9.41. The Bertz CT molecular complexity index is 2760. The van der Waals surface area contributed by atoms with Crippen LogP contribution in [-0.2, 0) is 0 Å². The minimum absolute atomic E-state index is 0.193. The highest BCUT2D eigenvalue weighted by atomic mass is 16.4. The van der Waals surface area contributed by atoms with Crippen molar-refractivity contribution in [2.24, 2.45) is 0 Å². The van der Waals surface area contributed by atoms with Crippen molar-refractivity contribution in [3.8, 4) is 62.1 Å². The van der Waals surface area contributed by atoms with Gasteiger partial charge >= 0.3 is 0 Å². The summed E-state index contributed by atoms with van der Waals surface area (Å²) in [5.74, 6) is -4.35. The van der Waals surface area contributed by atoms with Crippen LogP contribution >= 0.6 is 0 Å². The molecule has 0 radical (unpaired) electrons. The lowest BCUT2D eigenvalue weighted by Crippen LogP contribution is -1.93. The second kappa shape index (κ2) is 10.2. The Balaban J connectivity index is 1.44. The Labute approximate surface area is 273 Å². The number of benzene rings is 8. The molecule has 5 N–H and O–H groups in total. The molecule has 6 heteroatoms. The van der Waals surface area contributed by atoms with Crippen LogP contribution in [0.15, 0.2) is 132 Å². The summed E-state index contributed by atoms with van der Waals surface area (Å²) in [4.78, 5) is 0. The molecule has 0 bridgehead atoms. The molecule has 48 heavy (non-hydrogen) atoms. The second-order valence-corrected chi connectivity index (χ2v) is 12.0. The lowest BCUT2D eigenvalue weighted by molar-refractivity contribution is 0.330. The first-order valence-corrected chi connectivity index (χ1v) is 15.5. The number of aromatic hydroxyl groups is 5. The van der Waals surface area contributed by atoms with Crippen molar-refractivity contribution in [1.82, 2.24) is 0 Å². The van der Waals surface area contributed by atoms with E-state index in [1.165, 1.54) is 0 Å². The number of hydrogen-bond acceptors (Lipinski definition) is 6. The van der Waals surface area contributed by atoms with E-state index >= 15 is 0 Å². The molecule has 0 atom stereocenters. The zero-order chi connectivity index (χ0) is 32.7. The first-order chi connectivity index (χ1) is 23.4. The van der Waals surface area contributed by atoms with E-state index < -0.39 is 28.7 Å². The van der Waals surface area contributed by atoms with Gasteiger partial charge in [0.25, 0.3) is 0 Å². The highest BCUT2D eigenvalue weighted by Crippen LogP contribution is 2.58. The van der Waals surface area contributed by atoms with Crippen molar-refractivity contribution in [3.05, 3.63) is 127 Å². The SMILES string of the molecule is Oc1c(O)c(O)c(-c2c3ccccc3c(-c3ccc4c(c3)oc3ccccc34)c3cc(-c4cccc5ccccc45)ccc23)c(O)c1O. The minimum Gasteiger partial charge on any atom is -0.504 e. The van der Waals surface area contributed by atoms with Crippen LogP contribution in [0.25, 0.3) is 87.6 Å². The molecule has 1 aromatic heterocycles. The summed E-state index contributed by atoms with van der Waals surface area (Å²) < 4.78 is 6.30. The quantitative estimate of drug-likeness (QED) is 0.0757. The molecular weight excluding hydrogens is 600 g/mol. The first-order valence-electron chi connectivity index (χ1n) is 15.5. The molecule has 0 amide bonds. The molecule has 9 rings (SSSR count). The molecule has 0 aliphatic carbocycles. The zero-order valence-electron chi connectivity index (χ0n) is 25.3. The minimum atomic E-state index is -1.00. The fourth-order valence-electron chi connectivity index (χ4n) is 7.21. The van der Waals surface area contributed by atoms with Gasteiger partial charge in [-0.05, 0) is 78.8 Å². The summed E-state index contributed by atoms with van der Waals surface area (Å²) in [5, 5.41) is 60.9. The number of rotatable bonds is 3. The van der Waals surface area contributed by atoms with Crippen LogP contribution in [0.1, 0.15) is 0 Å². The van der Waals surface area contributed by atoms with Crippen molar-refractivity contribution >= 4 is 54.3 Å². The molecule has 8 aromatic carbocycles. The number of fused-ring (bicyclic) bond motifs is 6. The molecule has 1 heterocycles. The molecular formula is C42H26O6. The van der Waals surface area contributed by atoms with Crippen molar-refractivity contribution in [2.75, 3.05) is 0 Å². The largest absolute Gasteiger partial charge is 0.504 e. The van der Waals surface area contributed by atoms with E-state index in [9.17, 15) is 25.5 Å². The van der Waals surface area contributed by atoms with Gasteiger partial charge in [-0.3, -0.25) is 0 Å². The summed E-state index contributed by atoms with van der Waals surface area (Å²) in [6.45, 7) is 0. The monoisotopic (exact) mass is 626 g/mol. The van der Waals surface area contributed by atoms with E-state index in [2.05, 4.69) is 42.5 Å². The maximum absolute atomic E-state index is 11.2. The number of para-hydroxylation sites is 1. The number of phenols is 5. The van der Waals surface area contributed by atoms with Crippen LogP contribution in [0.3, 0.4) is 0 Å². The lowest BCUT2D eigenvalue weighted by Gasteiger charge is -2.21. The predicted octanol–water partition coefficient (Wildman–Crippen LogP) is 10.6. The summed E-state index contributed by atoms with van der Waals surface area (Å²) in [6.07, 6.45) is 0. The third kappa shape index (κ3) is 3.86. The highest BCUT2D eigenvalue weighted by molar-refractivity contribution is 6.24. The van der Waals surface area contributed by atoms with Gasteiger partial charge in [0.2, 0.25) is 17.2 Å². The second-order valence-electron chi connectivity index (χ2n) is 12.0. The van der Waals surface area contributed by atoms with Gasteiger partial charge in [-0.15, -0.1) is 0 Å². The summed E-state index contributed by atoms with van der Waals surface area (Å²) >= 11 is 0. The van der Waals surface area contributed by atoms with Crippen LogP contribution in [0, 0.1) is 0 Å².